The van der Waals surface area contributed by atoms with Crippen LogP contribution in [0, 0.1) is 5.92 Å². The normalized spacial score (nSPS) is 20.4. The molecule has 2 atom stereocenters. The Bertz CT molecular complexity index is 764. The maximum absolute atomic E-state index is 12.3. The van der Waals surface area contributed by atoms with Gasteiger partial charge in [0.05, 0.1) is 10.2 Å². The van der Waals surface area contributed by atoms with Crippen molar-refractivity contribution in [2.75, 3.05) is 5.32 Å². The molecule has 104 valence electrons. The summed E-state index contributed by atoms with van der Waals surface area (Å²) in [6, 6.07) is 18.2. The molecule has 1 N–H and O–H groups in total. The van der Waals surface area contributed by atoms with E-state index in [0.29, 0.717) is 11.0 Å². The van der Waals surface area contributed by atoms with E-state index in [9.17, 15) is 4.79 Å². The van der Waals surface area contributed by atoms with E-state index in [0.717, 1.165) is 16.6 Å². The predicted octanol–water partition coefficient (Wildman–Crippen LogP) is 4.04. The lowest BCUT2D eigenvalue weighted by molar-refractivity contribution is -0.117. The van der Waals surface area contributed by atoms with E-state index >= 15 is 0 Å². The molecule has 1 amide bonds. The average Bonchev–Trinajstić information content (AvgIpc) is 3.22. The van der Waals surface area contributed by atoms with Gasteiger partial charge in [0.15, 0.2) is 5.13 Å². The fraction of sp³-hybridized carbons (Fsp3) is 0.176. The van der Waals surface area contributed by atoms with E-state index in [4.69, 9.17) is 0 Å². The summed E-state index contributed by atoms with van der Waals surface area (Å²) >= 11 is 1.52. The number of rotatable bonds is 3. The van der Waals surface area contributed by atoms with Crippen LogP contribution < -0.4 is 5.32 Å². The van der Waals surface area contributed by atoms with Gasteiger partial charge in [0.25, 0.3) is 0 Å². The molecular weight excluding hydrogens is 280 g/mol. The highest BCUT2D eigenvalue weighted by Gasteiger charge is 2.44. The van der Waals surface area contributed by atoms with Gasteiger partial charge in [0.2, 0.25) is 5.91 Å². The number of benzene rings is 2. The van der Waals surface area contributed by atoms with Crippen molar-refractivity contribution in [3.63, 3.8) is 0 Å². The first kappa shape index (κ1) is 12.5. The smallest absolute Gasteiger partial charge is 0.229 e. The molecule has 3 nitrogen and oxygen atoms in total. The summed E-state index contributed by atoms with van der Waals surface area (Å²) in [6.45, 7) is 0. The first-order valence-electron chi connectivity index (χ1n) is 7.02. The molecule has 1 heterocycles. The lowest BCUT2D eigenvalue weighted by Crippen LogP contribution is -2.14. The number of nitrogens with zero attached hydrogens (tertiary/aromatic N) is 1. The van der Waals surface area contributed by atoms with Crippen molar-refractivity contribution < 1.29 is 4.79 Å². The summed E-state index contributed by atoms with van der Waals surface area (Å²) in [5.74, 6) is 0.530. The number of carbonyl (C=O) groups excluding carboxylic acids is 1. The zero-order valence-electron chi connectivity index (χ0n) is 11.3. The van der Waals surface area contributed by atoms with Crippen LogP contribution in [0.1, 0.15) is 17.9 Å². The minimum atomic E-state index is 0.0828. The number of para-hydroxylation sites is 1. The van der Waals surface area contributed by atoms with Gasteiger partial charge in [0, 0.05) is 5.92 Å². The highest BCUT2D eigenvalue weighted by atomic mass is 32.1. The summed E-state index contributed by atoms with van der Waals surface area (Å²) in [5.41, 5.74) is 2.19. The third kappa shape index (κ3) is 2.43. The lowest BCUT2D eigenvalue weighted by atomic mass is 10.1. The molecule has 1 saturated carbocycles. The Labute approximate surface area is 126 Å². The van der Waals surface area contributed by atoms with Gasteiger partial charge in [-0.2, -0.15) is 0 Å². The van der Waals surface area contributed by atoms with E-state index in [1.807, 2.05) is 42.5 Å². The second kappa shape index (κ2) is 4.97. The molecule has 0 aliphatic heterocycles. The van der Waals surface area contributed by atoms with Crippen molar-refractivity contribution in [2.24, 2.45) is 5.92 Å². The second-order valence-corrected chi connectivity index (χ2v) is 6.37. The Balaban J connectivity index is 1.47. The molecule has 21 heavy (non-hydrogen) atoms. The quantitative estimate of drug-likeness (QED) is 0.792. The topological polar surface area (TPSA) is 42.0 Å². The first-order valence-corrected chi connectivity index (χ1v) is 7.84. The molecule has 0 radical (unpaired) electrons. The number of carbonyl (C=O) groups is 1. The molecule has 0 spiro atoms. The number of aromatic nitrogens is 1. The van der Waals surface area contributed by atoms with Gasteiger partial charge in [-0.3, -0.25) is 4.79 Å². The monoisotopic (exact) mass is 294 g/mol. The Kier molecular flexibility index (Phi) is 2.97. The summed E-state index contributed by atoms with van der Waals surface area (Å²) in [6.07, 6.45) is 0.931. The molecule has 1 aliphatic carbocycles. The van der Waals surface area contributed by atoms with Crippen molar-refractivity contribution >= 4 is 32.6 Å². The molecular formula is C17H14N2OS. The van der Waals surface area contributed by atoms with Crippen LogP contribution in [0.2, 0.25) is 0 Å². The average molecular weight is 294 g/mol. The number of hydrogen-bond acceptors (Lipinski definition) is 3. The molecule has 0 unspecified atom stereocenters. The summed E-state index contributed by atoms with van der Waals surface area (Å²) in [5, 5.41) is 3.66. The minimum absolute atomic E-state index is 0.0828. The van der Waals surface area contributed by atoms with Gasteiger partial charge in [0.1, 0.15) is 0 Å². The highest BCUT2D eigenvalue weighted by Crippen LogP contribution is 2.48. The van der Waals surface area contributed by atoms with E-state index in [1.165, 1.54) is 16.9 Å². The van der Waals surface area contributed by atoms with Gasteiger partial charge in [-0.15, -0.1) is 0 Å². The molecule has 0 bridgehead atoms. The Morgan fingerprint density at radius 3 is 2.67 bits per heavy atom. The third-order valence-electron chi connectivity index (χ3n) is 3.88. The largest absolute Gasteiger partial charge is 0.302 e. The van der Waals surface area contributed by atoms with Crippen LogP contribution in [0.5, 0.6) is 0 Å². The standard InChI is InChI=1S/C17H14N2OS/c20-16(13-10-12(13)11-6-2-1-3-7-11)19-17-18-14-8-4-5-9-15(14)21-17/h1-9,12-13H,10H2,(H,18,19,20)/t12-,13+/m1/s1. The van der Waals surface area contributed by atoms with Crippen molar-refractivity contribution in [1.29, 1.82) is 0 Å². The van der Waals surface area contributed by atoms with Gasteiger partial charge in [-0.1, -0.05) is 53.8 Å². The molecule has 2 aromatic carbocycles. The summed E-state index contributed by atoms with van der Waals surface area (Å²) in [4.78, 5) is 16.7. The van der Waals surface area contributed by atoms with E-state index in [1.54, 1.807) is 0 Å². The molecule has 4 heteroatoms. The van der Waals surface area contributed by atoms with E-state index < -0.39 is 0 Å². The third-order valence-corrected chi connectivity index (χ3v) is 4.83. The number of hydrogen-bond donors (Lipinski definition) is 1. The van der Waals surface area contributed by atoms with Gasteiger partial charge in [-0.25, -0.2) is 4.98 Å². The van der Waals surface area contributed by atoms with Crippen LogP contribution in [-0.4, -0.2) is 10.9 Å². The van der Waals surface area contributed by atoms with Crippen LogP contribution in [0.25, 0.3) is 10.2 Å². The fourth-order valence-corrected chi connectivity index (χ4v) is 3.55. The summed E-state index contributed by atoms with van der Waals surface area (Å²) < 4.78 is 1.10. The molecule has 1 aromatic heterocycles. The molecule has 0 saturated heterocycles. The van der Waals surface area contributed by atoms with Crippen LogP contribution in [-0.2, 0) is 4.79 Å². The van der Waals surface area contributed by atoms with Crippen LogP contribution in [0.15, 0.2) is 54.6 Å². The lowest BCUT2D eigenvalue weighted by Gasteiger charge is -2.01. The zero-order chi connectivity index (χ0) is 14.2. The van der Waals surface area contributed by atoms with Crippen molar-refractivity contribution in [3.05, 3.63) is 60.2 Å². The first-order chi connectivity index (χ1) is 10.3. The molecule has 4 rings (SSSR count). The number of amides is 1. The Morgan fingerprint density at radius 2 is 1.86 bits per heavy atom. The van der Waals surface area contributed by atoms with Crippen molar-refractivity contribution in [3.8, 4) is 0 Å². The maximum atomic E-state index is 12.3. The van der Waals surface area contributed by atoms with Crippen LogP contribution in [0.4, 0.5) is 5.13 Å². The number of nitrogens with one attached hydrogen (secondary N) is 1. The van der Waals surface area contributed by atoms with Gasteiger partial charge in [-0.05, 0) is 30.0 Å². The van der Waals surface area contributed by atoms with Crippen LogP contribution in [0.3, 0.4) is 0 Å². The second-order valence-electron chi connectivity index (χ2n) is 5.34. The van der Waals surface area contributed by atoms with Gasteiger partial charge >= 0.3 is 0 Å². The number of thiazole rings is 1. The van der Waals surface area contributed by atoms with Gasteiger partial charge < -0.3 is 5.32 Å². The maximum Gasteiger partial charge on any atom is 0.229 e. The SMILES string of the molecule is O=C(Nc1nc2ccccc2s1)[C@H]1C[C@@H]1c1ccccc1. The molecule has 1 aliphatic rings. The number of fused-ring (bicyclic) bond motifs is 1. The minimum Gasteiger partial charge on any atom is -0.302 e. The fourth-order valence-electron chi connectivity index (χ4n) is 2.68. The Morgan fingerprint density at radius 1 is 1.10 bits per heavy atom. The zero-order valence-corrected chi connectivity index (χ0v) is 12.1. The predicted molar refractivity (Wildman–Crippen MR) is 85.5 cm³/mol. The van der Waals surface area contributed by atoms with E-state index in [-0.39, 0.29) is 11.8 Å². The van der Waals surface area contributed by atoms with Crippen LogP contribution >= 0.6 is 11.3 Å². The van der Waals surface area contributed by atoms with Crippen molar-refractivity contribution in [2.45, 2.75) is 12.3 Å². The van der Waals surface area contributed by atoms with Crippen molar-refractivity contribution in [1.82, 2.24) is 4.98 Å². The summed E-state index contributed by atoms with van der Waals surface area (Å²) in [7, 11) is 0. The molecule has 1 fully saturated rings. The van der Waals surface area contributed by atoms with E-state index in [2.05, 4.69) is 22.4 Å². The highest BCUT2D eigenvalue weighted by molar-refractivity contribution is 7.22. The molecule has 3 aromatic rings. The Hall–Kier alpha value is -2.20. The number of anilines is 1.